The van der Waals surface area contributed by atoms with E-state index in [0.717, 1.165) is 19.1 Å². The second-order valence-electron chi connectivity index (χ2n) is 5.79. The first kappa shape index (κ1) is 20.3. The van der Waals surface area contributed by atoms with Crippen LogP contribution in [0.1, 0.15) is 20.8 Å². The Labute approximate surface area is 157 Å². The average Bonchev–Trinajstić information content (AvgIpc) is 2.52. The van der Waals surface area contributed by atoms with Crippen LogP contribution >= 0.6 is 0 Å². The zero-order valence-corrected chi connectivity index (χ0v) is 15.0. The Morgan fingerprint density at radius 3 is 2.11 bits per heavy atom. The number of nitrogens with one attached hydrogen (secondary N) is 2. The molecule has 0 saturated carbocycles. The van der Waals surface area contributed by atoms with Crippen LogP contribution in [0.2, 0.25) is 0 Å². The molecule has 1 aliphatic heterocycles. The summed E-state index contributed by atoms with van der Waals surface area (Å²) in [6, 6.07) is 3.61. The predicted molar refractivity (Wildman–Crippen MR) is 95.2 cm³/mol. The van der Waals surface area contributed by atoms with Gasteiger partial charge < -0.3 is 20.5 Å². The third kappa shape index (κ3) is 4.20. The number of aliphatic hydroxyl groups excluding tert-OH is 1. The van der Waals surface area contributed by atoms with Gasteiger partial charge >= 0.3 is 11.9 Å². The maximum Gasteiger partial charge on any atom is 0.353 e. The number of amides is 1. The number of rotatable bonds is 5. The van der Waals surface area contributed by atoms with Crippen molar-refractivity contribution in [3.8, 4) is 0 Å². The lowest BCUT2D eigenvalue weighted by atomic mass is 10.0. The molecule has 2 rings (SSSR count). The molecule has 1 heterocycles. The molecule has 1 amide bonds. The second-order valence-corrected chi connectivity index (χ2v) is 5.79. The highest BCUT2D eigenvalue weighted by Crippen LogP contribution is 2.29. The Kier molecular flexibility index (Phi) is 5.58. The third-order valence-corrected chi connectivity index (χ3v) is 3.58. The Morgan fingerprint density at radius 2 is 1.61 bits per heavy atom. The monoisotopic (exact) mass is 389 g/mol. The molecule has 28 heavy (non-hydrogen) atoms. The molecule has 3 N–H and O–H groups in total. The van der Waals surface area contributed by atoms with E-state index in [0.29, 0.717) is 0 Å². The molecule has 1 aromatic carbocycles. The van der Waals surface area contributed by atoms with Gasteiger partial charge in [0.1, 0.15) is 16.9 Å². The summed E-state index contributed by atoms with van der Waals surface area (Å²) in [5, 5.41) is 26.3. The number of nitro benzene ring substituents is 1. The van der Waals surface area contributed by atoms with Gasteiger partial charge in [0.05, 0.1) is 4.92 Å². The van der Waals surface area contributed by atoms with Crippen molar-refractivity contribution in [2.45, 2.75) is 20.8 Å². The molecule has 0 bridgehead atoms. The molecule has 0 spiro atoms. The largest absolute Gasteiger partial charge is 0.506 e. The molecule has 1 aromatic rings. The molecule has 0 radical (unpaired) electrons. The normalized spacial score (nSPS) is 15.7. The first-order valence-corrected chi connectivity index (χ1v) is 7.77. The van der Waals surface area contributed by atoms with E-state index in [1.165, 1.54) is 19.9 Å². The van der Waals surface area contributed by atoms with Crippen LogP contribution in [0.15, 0.2) is 40.8 Å². The number of carbonyl (C=O) groups is 4. The molecule has 11 nitrogen and oxygen atoms in total. The van der Waals surface area contributed by atoms with Crippen molar-refractivity contribution in [2.75, 3.05) is 10.6 Å². The summed E-state index contributed by atoms with van der Waals surface area (Å²) < 4.78 is 4.46. The molecule has 0 fully saturated rings. The summed E-state index contributed by atoms with van der Waals surface area (Å²) >= 11 is 0. The van der Waals surface area contributed by atoms with Crippen LogP contribution in [0.4, 0.5) is 17.1 Å². The molecular formula is C17H15N3O8. The van der Waals surface area contributed by atoms with E-state index in [4.69, 9.17) is 0 Å². The summed E-state index contributed by atoms with van der Waals surface area (Å²) in [5.74, 6) is -4.57. The van der Waals surface area contributed by atoms with Crippen molar-refractivity contribution in [1.29, 1.82) is 0 Å². The van der Waals surface area contributed by atoms with E-state index < -0.39 is 45.5 Å². The number of cyclic esters (lactones) is 2. The van der Waals surface area contributed by atoms with Gasteiger partial charge in [0, 0.05) is 36.1 Å². The molecule has 1 aliphatic rings. The summed E-state index contributed by atoms with van der Waals surface area (Å²) in [5.41, 5.74) is -1.33. The van der Waals surface area contributed by atoms with E-state index in [9.17, 15) is 34.4 Å². The number of ether oxygens (including phenoxy) is 1. The van der Waals surface area contributed by atoms with Crippen molar-refractivity contribution in [3.05, 3.63) is 50.9 Å². The number of Topliss-reactive ketones (excluding diaryl/α,β-unsaturated/α-hetero) is 1. The number of carbonyl (C=O) groups excluding carboxylic acids is 4. The zero-order valence-electron chi connectivity index (χ0n) is 15.0. The fourth-order valence-corrected chi connectivity index (χ4v) is 2.49. The van der Waals surface area contributed by atoms with E-state index in [1.807, 2.05) is 0 Å². The van der Waals surface area contributed by atoms with Crippen LogP contribution in [0, 0.1) is 10.1 Å². The lowest BCUT2D eigenvalue weighted by Crippen LogP contribution is -2.29. The Bertz CT molecular complexity index is 990. The number of nitro groups is 1. The molecule has 0 atom stereocenters. The number of hydrogen-bond donors (Lipinski definition) is 3. The van der Waals surface area contributed by atoms with Crippen molar-refractivity contribution < 1.29 is 33.9 Å². The molecule has 0 aliphatic carbocycles. The number of nitrogens with zero attached hydrogens (tertiary/aromatic N) is 1. The lowest BCUT2D eigenvalue weighted by Gasteiger charge is -2.18. The van der Waals surface area contributed by atoms with Crippen molar-refractivity contribution >= 4 is 40.7 Å². The van der Waals surface area contributed by atoms with Gasteiger partial charge in [-0.2, -0.15) is 0 Å². The van der Waals surface area contributed by atoms with E-state index in [1.54, 1.807) is 0 Å². The molecule has 0 saturated heterocycles. The van der Waals surface area contributed by atoms with Crippen LogP contribution in [0.3, 0.4) is 0 Å². The lowest BCUT2D eigenvalue weighted by molar-refractivity contribution is -0.384. The molecule has 0 unspecified atom stereocenters. The maximum atomic E-state index is 12.0. The number of anilines is 2. The van der Waals surface area contributed by atoms with Gasteiger partial charge in [0.15, 0.2) is 5.78 Å². The van der Waals surface area contributed by atoms with Crippen molar-refractivity contribution in [2.24, 2.45) is 0 Å². The minimum absolute atomic E-state index is 0.0389. The first-order chi connectivity index (χ1) is 13.0. The topological polar surface area (TPSA) is 165 Å². The van der Waals surface area contributed by atoms with Crippen LogP contribution < -0.4 is 10.6 Å². The van der Waals surface area contributed by atoms with Crippen LogP contribution in [0.5, 0.6) is 0 Å². The summed E-state index contributed by atoms with van der Waals surface area (Å²) in [7, 11) is 0. The average molecular weight is 389 g/mol. The van der Waals surface area contributed by atoms with Gasteiger partial charge in [-0.3, -0.25) is 19.7 Å². The second kappa shape index (κ2) is 7.70. The highest BCUT2D eigenvalue weighted by Gasteiger charge is 2.36. The highest BCUT2D eigenvalue weighted by atomic mass is 16.6. The third-order valence-electron chi connectivity index (χ3n) is 3.58. The Morgan fingerprint density at radius 1 is 1.04 bits per heavy atom. The quantitative estimate of drug-likeness (QED) is 0.170. The predicted octanol–water partition coefficient (Wildman–Crippen LogP) is 1.72. The van der Waals surface area contributed by atoms with Gasteiger partial charge in [-0.05, 0) is 19.9 Å². The number of benzene rings is 1. The summed E-state index contributed by atoms with van der Waals surface area (Å²) in [6.07, 6.45) is 0. The highest BCUT2D eigenvalue weighted by molar-refractivity contribution is 6.23. The molecule has 11 heteroatoms. The summed E-state index contributed by atoms with van der Waals surface area (Å²) in [6.45, 7) is 3.57. The van der Waals surface area contributed by atoms with Crippen LogP contribution in [0.25, 0.3) is 0 Å². The zero-order chi connectivity index (χ0) is 21.2. The van der Waals surface area contributed by atoms with E-state index in [-0.39, 0.29) is 22.8 Å². The smallest absolute Gasteiger partial charge is 0.353 e. The van der Waals surface area contributed by atoms with Gasteiger partial charge in [-0.1, -0.05) is 0 Å². The minimum atomic E-state index is -1.27. The van der Waals surface area contributed by atoms with E-state index >= 15 is 0 Å². The molecule has 0 aromatic heterocycles. The first-order valence-electron chi connectivity index (χ1n) is 7.77. The number of ketones is 1. The fraction of sp³-hybridized carbons (Fsp3) is 0.176. The van der Waals surface area contributed by atoms with Gasteiger partial charge in [-0.15, -0.1) is 0 Å². The van der Waals surface area contributed by atoms with Crippen LogP contribution in [-0.2, 0) is 23.9 Å². The Hall–Kier alpha value is -4.02. The van der Waals surface area contributed by atoms with Crippen LogP contribution in [-0.4, -0.2) is 33.7 Å². The number of allylic oxidation sites excluding steroid dienone is 1. The maximum absolute atomic E-state index is 12.0. The van der Waals surface area contributed by atoms with E-state index in [2.05, 4.69) is 15.4 Å². The SMILES string of the molecule is CC(=O)Nc1cc(N/C(C)=C2\C(=O)OC(=O)C(C(C)=O)=C2O)cc([N+](=O)[O-])c1. The Balaban J connectivity index is 2.54. The van der Waals surface area contributed by atoms with Gasteiger partial charge in [0.25, 0.3) is 5.69 Å². The molecular weight excluding hydrogens is 374 g/mol. The standard InChI is InChI=1S/C17H15N3O8/c1-7(13-15(23)14(8(2)21)17(25)28-16(13)24)18-10-4-11(19-9(3)22)6-12(5-10)20(26)27/h4-6,18,23H,1-3H3,(H,19,22)/b13-7-. The number of non-ortho nitro benzene ring substituents is 1. The number of esters is 2. The van der Waals surface area contributed by atoms with Gasteiger partial charge in [-0.25, -0.2) is 9.59 Å². The number of hydrogen-bond acceptors (Lipinski definition) is 9. The van der Waals surface area contributed by atoms with Crippen molar-refractivity contribution in [1.82, 2.24) is 0 Å². The fourth-order valence-electron chi connectivity index (χ4n) is 2.49. The number of aliphatic hydroxyl groups is 1. The minimum Gasteiger partial charge on any atom is -0.506 e. The summed E-state index contributed by atoms with van der Waals surface area (Å²) in [4.78, 5) is 56.8. The van der Waals surface area contributed by atoms with Gasteiger partial charge in [0.2, 0.25) is 5.91 Å². The van der Waals surface area contributed by atoms with Crippen molar-refractivity contribution in [3.63, 3.8) is 0 Å². The molecule has 146 valence electrons.